The van der Waals surface area contributed by atoms with E-state index in [4.69, 9.17) is 5.73 Å². The Morgan fingerprint density at radius 1 is 1.55 bits per heavy atom. The van der Waals surface area contributed by atoms with Gasteiger partial charge in [-0.15, -0.1) is 0 Å². The third-order valence-corrected chi connectivity index (χ3v) is 2.80. The number of nitrogens with two attached hydrogens (primary N) is 1. The van der Waals surface area contributed by atoms with Crippen LogP contribution in [0.4, 0.5) is 8.78 Å². The second kappa shape index (κ2) is 1.73. The van der Waals surface area contributed by atoms with Crippen LogP contribution in [-0.4, -0.2) is 11.8 Å². The van der Waals surface area contributed by atoms with Crippen molar-refractivity contribution in [3.05, 3.63) is 0 Å². The molecular formula is C7H9F2NO. The van der Waals surface area contributed by atoms with Crippen molar-refractivity contribution in [3.8, 4) is 0 Å². The number of carbonyl (C=O) groups excluding carboxylic acids is 1. The minimum atomic E-state index is -2.62. The molecule has 0 radical (unpaired) electrons. The topological polar surface area (TPSA) is 43.1 Å². The van der Waals surface area contributed by atoms with Crippen molar-refractivity contribution >= 4 is 5.91 Å². The van der Waals surface area contributed by atoms with Crippen LogP contribution in [0, 0.1) is 17.8 Å². The van der Waals surface area contributed by atoms with E-state index in [1.807, 2.05) is 0 Å². The van der Waals surface area contributed by atoms with Crippen molar-refractivity contribution in [2.75, 3.05) is 0 Å². The molecule has 2 N–H and O–H groups in total. The van der Waals surface area contributed by atoms with Crippen LogP contribution in [0.25, 0.3) is 0 Å². The van der Waals surface area contributed by atoms with E-state index in [1.165, 1.54) is 0 Å². The molecule has 2 aliphatic carbocycles. The van der Waals surface area contributed by atoms with Crippen LogP contribution in [0.1, 0.15) is 12.8 Å². The lowest BCUT2D eigenvalue weighted by Crippen LogP contribution is -2.23. The minimum absolute atomic E-state index is 0.0634. The third-order valence-electron chi connectivity index (χ3n) is 2.80. The van der Waals surface area contributed by atoms with Gasteiger partial charge in [-0.3, -0.25) is 4.79 Å². The maximum atomic E-state index is 12.8. The molecule has 0 bridgehead atoms. The van der Waals surface area contributed by atoms with Gasteiger partial charge in [0.05, 0.1) is 0 Å². The quantitative estimate of drug-likeness (QED) is 0.606. The molecule has 1 amide bonds. The summed E-state index contributed by atoms with van der Waals surface area (Å²) in [6.07, 6.45) is 0.400. The first kappa shape index (κ1) is 7.00. The summed E-state index contributed by atoms with van der Waals surface area (Å²) in [6.45, 7) is 0. The average molecular weight is 161 g/mol. The van der Waals surface area contributed by atoms with Crippen molar-refractivity contribution in [1.29, 1.82) is 0 Å². The summed E-state index contributed by atoms with van der Waals surface area (Å²) in [7, 11) is 0. The fourth-order valence-corrected chi connectivity index (χ4v) is 2.22. The molecule has 2 aliphatic rings. The molecule has 3 atom stereocenters. The molecule has 0 saturated heterocycles. The van der Waals surface area contributed by atoms with Gasteiger partial charge < -0.3 is 5.73 Å². The standard InChI is InChI=1S/C7H9F2NO/c8-7(9)2-1-3-4(5(3)7)6(10)11/h3-5H,1-2H2,(H2,10,11)/t3-,4-,5-/m1/s1. The van der Waals surface area contributed by atoms with E-state index in [0.29, 0.717) is 6.42 Å². The van der Waals surface area contributed by atoms with E-state index in [2.05, 4.69) is 0 Å². The smallest absolute Gasteiger partial charge is 0.252 e. The second-order valence-electron chi connectivity index (χ2n) is 3.42. The van der Waals surface area contributed by atoms with E-state index in [-0.39, 0.29) is 12.3 Å². The molecule has 2 saturated carbocycles. The van der Waals surface area contributed by atoms with Gasteiger partial charge in [-0.05, 0) is 12.3 Å². The predicted octanol–water partition coefficient (Wildman–Crippen LogP) is 0.763. The van der Waals surface area contributed by atoms with Crippen molar-refractivity contribution in [2.24, 2.45) is 23.5 Å². The van der Waals surface area contributed by atoms with Gasteiger partial charge in [0.1, 0.15) is 0 Å². The molecule has 0 aliphatic heterocycles. The monoisotopic (exact) mass is 161 g/mol. The largest absolute Gasteiger partial charge is 0.369 e. The molecule has 0 spiro atoms. The Labute approximate surface area is 62.7 Å². The highest BCUT2D eigenvalue weighted by Gasteiger charge is 2.69. The molecular weight excluding hydrogens is 152 g/mol. The Kier molecular flexibility index (Phi) is 1.10. The van der Waals surface area contributed by atoms with Crippen LogP contribution < -0.4 is 5.73 Å². The lowest BCUT2D eigenvalue weighted by Gasteiger charge is -2.10. The van der Waals surface area contributed by atoms with Gasteiger partial charge in [-0.1, -0.05) is 0 Å². The van der Waals surface area contributed by atoms with Crippen molar-refractivity contribution in [3.63, 3.8) is 0 Å². The van der Waals surface area contributed by atoms with E-state index in [1.54, 1.807) is 0 Å². The van der Waals surface area contributed by atoms with E-state index >= 15 is 0 Å². The highest BCUT2D eigenvalue weighted by molar-refractivity contribution is 5.81. The number of rotatable bonds is 1. The number of amides is 1. The Hall–Kier alpha value is -0.670. The number of alkyl halides is 2. The molecule has 0 aromatic heterocycles. The highest BCUT2D eigenvalue weighted by atomic mass is 19.3. The third kappa shape index (κ3) is 0.781. The molecule has 11 heavy (non-hydrogen) atoms. The molecule has 0 heterocycles. The summed E-state index contributed by atoms with van der Waals surface area (Å²) in [6, 6.07) is 0. The number of halogens is 2. The van der Waals surface area contributed by atoms with Gasteiger partial charge in [-0.25, -0.2) is 8.78 Å². The fraction of sp³-hybridized carbons (Fsp3) is 0.857. The summed E-state index contributed by atoms with van der Waals surface area (Å²) in [5.74, 6) is -4.54. The maximum absolute atomic E-state index is 12.8. The van der Waals surface area contributed by atoms with Crippen LogP contribution in [0.3, 0.4) is 0 Å². The zero-order chi connectivity index (χ0) is 8.22. The van der Waals surface area contributed by atoms with Gasteiger partial charge in [0.25, 0.3) is 5.92 Å². The molecule has 2 rings (SSSR count). The van der Waals surface area contributed by atoms with Gasteiger partial charge in [-0.2, -0.15) is 0 Å². The Morgan fingerprint density at radius 3 is 2.45 bits per heavy atom. The summed E-state index contributed by atoms with van der Waals surface area (Å²) >= 11 is 0. The highest BCUT2D eigenvalue weighted by Crippen LogP contribution is 2.64. The van der Waals surface area contributed by atoms with Crippen LogP contribution in [0.2, 0.25) is 0 Å². The zero-order valence-electron chi connectivity index (χ0n) is 5.89. The Balaban J connectivity index is 2.13. The molecule has 2 nitrogen and oxygen atoms in total. The summed E-state index contributed by atoms with van der Waals surface area (Å²) in [5, 5.41) is 0. The lowest BCUT2D eigenvalue weighted by molar-refractivity contribution is -0.121. The minimum Gasteiger partial charge on any atom is -0.369 e. The first-order valence-electron chi connectivity index (χ1n) is 3.71. The van der Waals surface area contributed by atoms with E-state index in [9.17, 15) is 13.6 Å². The van der Waals surface area contributed by atoms with Gasteiger partial charge in [0.2, 0.25) is 5.91 Å². The van der Waals surface area contributed by atoms with Crippen LogP contribution in [-0.2, 0) is 4.79 Å². The molecule has 62 valence electrons. The van der Waals surface area contributed by atoms with E-state index < -0.39 is 23.7 Å². The molecule has 2 fully saturated rings. The van der Waals surface area contributed by atoms with Crippen molar-refractivity contribution < 1.29 is 13.6 Å². The number of hydrogen-bond acceptors (Lipinski definition) is 1. The van der Waals surface area contributed by atoms with E-state index in [0.717, 1.165) is 0 Å². The first-order chi connectivity index (χ1) is 5.04. The van der Waals surface area contributed by atoms with Gasteiger partial charge in [0.15, 0.2) is 0 Å². The van der Waals surface area contributed by atoms with Gasteiger partial charge >= 0.3 is 0 Å². The fourth-order valence-electron chi connectivity index (χ4n) is 2.22. The summed E-state index contributed by atoms with van der Waals surface area (Å²) < 4.78 is 25.6. The second-order valence-corrected chi connectivity index (χ2v) is 3.42. The summed E-state index contributed by atoms with van der Waals surface area (Å²) in [5.41, 5.74) is 4.94. The first-order valence-corrected chi connectivity index (χ1v) is 3.71. The number of fused-ring (bicyclic) bond motifs is 1. The Bertz CT molecular complexity index is 216. The SMILES string of the molecule is NC(=O)[C@@H]1[C@H]2CCC(F)(F)[C@H]21. The molecule has 4 heteroatoms. The average Bonchev–Trinajstić information content (AvgIpc) is 2.51. The lowest BCUT2D eigenvalue weighted by atomic mass is 10.1. The maximum Gasteiger partial charge on any atom is 0.252 e. The van der Waals surface area contributed by atoms with Crippen LogP contribution in [0.15, 0.2) is 0 Å². The number of hydrogen-bond donors (Lipinski definition) is 1. The molecule has 0 aromatic rings. The Morgan fingerprint density at radius 2 is 2.18 bits per heavy atom. The normalized spacial score (nSPS) is 45.1. The van der Waals surface area contributed by atoms with Crippen LogP contribution in [0.5, 0.6) is 0 Å². The number of carbonyl (C=O) groups is 1. The molecule has 0 aromatic carbocycles. The van der Waals surface area contributed by atoms with Crippen molar-refractivity contribution in [1.82, 2.24) is 0 Å². The molecule has 0 unspecified atom stereocenters. The zero-order valence-corrected chi connectivity index (χ0v) is 5.89. The predicted molar refractivity (Wildman–Crippen MR) is 33.8 cm³/mol. The van der Waals surface area contributed by atoms with Gasteiger partial charge in [0, 0.05) is 18.3 Å². The van der Waals surface area contributed by atoms with Crippen molar-refractivity contribution in [2.45, 2.75) is 18.8 Å². The number of primary amides is 1. The summed E-state index contributed by atoms with van der Waals surface area (Å²) in [4.78, 5) is 10.6. The van der Waals surface area contributed by atoms with Crippen LogP contribution >= 0.6 is 0 Å².